The van der Waals surface area contributed by atoms with Crippen molar-refractivity contribution in [3.05, 3.63) is 72.9 Å². The van der Waals surface area contributed by atoms with E-state index in [0.717, 1.165) is 96.3 Å². The molecule has 0 spiro atoms. The molecule has 1 unspecified atom stereocenters. The van der Waals surface area contributed by atoms with Gasteiger partial charge in [0.2, 0.25) is 0 Å². The smallest absolute Gasteiger partial charge is 0.306 e. The van der Waals surface area contributed by atoms with E-state index in [1.807, 2.05) is 0 Å². The van der Waals surface area contributed by atoms with E-state index in [1.54, 1.807) is 0 Å². The van der Waals surface area contributed by atoms with Crippen LogP contribution in [0, 0.1) is 0 Å². The van der Waals surface area contributed by atoms with Crippen LogP contribution in [0.15, 0.2) is 72.9 Å². The minimum Gasteiger partial charge on any atom is -0.462 e. The predicted molar refractivity (Wildman–Crippen MR) is 348 cm³/mol. The Kier molecular flexibility index (Phi) is 65.7. The van der Waals surface area contributed by atoms with E-state index in [2.05, 4.69) is 93.7 Å². The monoisotopic (exact) mass is 1120 g/mol. The Morgan fingerprint density at radius 2 is 0.487 bits per heavy atom. The molecular formula is C74H132O6. The summed E-state index contributed by atoms with van der Waals surface area (Å²) >= 11 is 0. The summed E-state index contributed by atoms with van der Waals surface area (Å²) in [5.41, 5.74) is 0. The Labute approximate surface area is 497 Å². The first kappa shape index (κ1) is 76.9. The van der Waals surface area contributed by atoms with Crippen LogP contribution < -0.4 is 0 Å². The number of carbonyl (C=O) groups is 3. The van der Waals surface area contributed by atoms with E-state index in [-0.39, 0.29) is 31.1 Å². The lowest BCUT2D eigenvalue weighted by Gasteiger charge is -2.18. The van der Waals surface area contributed by atoms with Gasteiger partial charge in [0.05, 0.1) is 0 Å². The Morgan fingerprint density at radius 1 is 0.263 bits per heavy atom. The minimum atomic E-state index is -0.797. The van der Waals surface area contributed by atoms with Crippen molar-refractivity contribution < 1.29 is 28.6 Å². The van der Waals surface area contributed by atoms with Crippen LogP contribution in [0.1, 0.15) is 361 Å². The third-order valence-corrected chi connectivity index (χ3v) is 15.4. The molecular weight excluding hydrogens is 985 g/mol. The average Bonchev–Trinajstić information content (AvgIpc) is 3.46. The fourth-order valence-electron chi connectivity index (χ4n) is 10.2. The average molecular weight is 1120 g/mol. The van der Waals surface area contributed by atoms with Crippen molar-refractivity contribution in [2.75, 3.05) is 13.2 Å². The summed E-state index contributed by atoms with van der Waals surface area (Å²) in [7, 11) is 0. The largest absolute Gasteiger partial charge is 0.462 e. The molecule has 0 amide bonds. The molecule has 0 aliphatic carbocycles. The van der Waals surface area contributed by atoms with Crippen LogP contribution in [-0.4, -0.2) is 37.2 Å². The lowest BCUT2D eigenvalue weighted by Crippen LogP contribution is -2.30. The second-order valence-electron chi connectivity index (χ2n) is 23.4. The van der Waals surface area contributed by atoms with Crippen LogP contribution in [0.3, 0.4) is 0 Å². The van der Waals surface area contributed by atoms with Crippen molar-refractivity contribution >= 4 is 17.9 Å². The zero-order chi connectivity index (χ0) is 57.8. The molecule has 0 aliphatic rings. The molecule has 0 heterocycles. The van der Waals surface area contributed by atoms with Crippen LogP contribution in [-0.2, 0) is 28.6 Å². The van der Waals surface area contributed by atoms with Gasteiger partial charge in [0.15, 0.2) is 6.10 Å². The molecule has 0 aromatic rings. The number of hydrogen-bond acceptors (Lipinski definition) is 6. The van der Waals surface area contributed by atoms with Crippen molar-refractivity contribution in [3.63, 3.8) is 0 Å². The van der Waals surface area contributed by atoms with Gasteiger partial charge in [-0.25, -0.2) is 0 Å². The van der Waals surface area contributed by atoms with Crippen LogP contribution in [0.4, 0.5) is 0 Å². The lowest BCUT2D eigenvalue weighted by molar-refractivity contribution is -0.167. The number of ether oxygens (including phenoxy) is 3. The zero-order valence-electron chi connectivity index (χ0n) is 53.3. The Bertz CT molecular complexity index is 1470. The molecule has 0 aliphatic heterocycles. The van der Waals surface area contributed by atoms with E-state index in [0.29, 0.717) is 19.3 Å². The molecule has 0 fully saturated rings. The van der Waals surface area contributed by atoms with Crippen molar-refractivity contribution in [2.24, 2.45) is 0 Å². The molecule has 6 nitrogen and oxygen atoms in total. The summed E-state index contributed by atoms with van der Waals surface area (Å²) in [6.45, 7) is 6.52. The van der Waals surface area contributed by atoms with E-state index in [1.165, 1.54) is 225 Å². The predicted octanol–water partition coefficient (Wildman–Crippen LogP) is 24.1. The molecule has 464 valence electrons. The van der Waals surface area contributed by atoms with Crippen molar-refractivity contribution in [1.29, 1.82) is 0 Å². The van der Waals surface area contributed by atoms with Crippen molar-refractivity contribution in [2.45, 2.75) is 367 Å². The lowest BCUT2D eigenvalue weighted by atomic mass is 10.0. The SMILES string of the molecule is CC/C=C\C/C=C\C/C=C\C/C=C\CCCCC(=O)OCC(COC(=O)CCCCCCCCCCCCCCCCCCCCCCCCCCCCCCC)OC(=O)CCCCCCCCC/C=C\C/C=C\CCCCCC. The van der Waals surface area contributed by atoms with Gasteiger partial charge in [0, 0.05) is 19.3 Å². The molecule has 6 heteroatoms. The summed E-state index contributed by atoms with van der Waals surface area (Å²) in [6.07, 6.45) is 89.4. The maximum Gasteiger partial charge on any atom is 0.306 e. The molecule has 0 rings (SSSR count). The number of carbonyl (C=O) groups excluding carboxylic acids is 3. The Hall–Kier alpha value is -3.15. The van der Waals surface area contributed by atoms with Gasteiger partial charge in [-0.1, -0.05) is 325 Å². The fraction of sp³-hybridized carbons (Fsp3) is 0.797. The molecule has 80 heavy (non-hydrogen) atoms. The van der Waals surface area contributed by atoms with Gasteiger partial charge in [0.25, 0.3) is 0 Å². The second kappa shape index (κ2) is 68.3. The summed E-state index contributed by atoms with van der Waals surface area (Å²) in [5.74, 6) is -0.922. The highest BCUT2D eigenvalue weighted by Gasteiger charge is 2.19. The van der Waals surface area contributed by atoms with Crippen LogP contribution in [0.5, 0.6) is 0 Å². The van der Waals surface area contributed by atoms with Crippen LogP contribution in [0.2, 0.25) is 0 Å². The minimum absolute atomic E-state index is 0.0890. The van der Waals surface area contributed by atoms with Gasteiger partial charge in [0.1, 0.15) is 13.2 Å². The summed E-state index contributed by atoms with van der Waals surface area (Å²) in [6, 6.07) is 0. The normalized spacial score (nSPS) is 12.5. The number of unbranched alkanes of at least 4 members (excludes halogenated alkanes) is 41. The molecule has 0 saturated carbocycles. The maximum absolute atomic E-state index is 12.9. The highest BCUT2D eigenvalue weighted by Crippen LogP contribution is 2.18. The maximum atomic E-state index is 12.9. The first-order chi connectivity index (χ1) is 39.5. The molecule has 0 aromatic carbocycles. The number of allylic oxidation sites excluding steroid dienone is 12. The highest BCUT2D eigenvalue weighted by atomic mass is 16.6. The van der Waals surface area contributed by atoms with E-state index in [9.17, 15) is 14.4 Å². The third kappa shape index (κ3) is 65.7. The van der Waals surface area contributed by atoms with E-state index >= 15 is 0 Å². The molecule has 0 saturated heterocycles. The molecule has 0 N–H and O–H groups in total. The van der Waals surface area contributed by atoms with Crippen molar-refractivity contribution in [3.8, 4) is 0 Å². The van der Waals surface area contributed by atoms with Crippen LogP contribution >= 0.6 is 0 Å². The fourth-order valence-corrected chi connectivity index (χ4v) is 10.2. The second-order valence-corrected chi connectivity index (χ2v) is 23.4. The quantitative estimate of drug-likeness (QED) is 0.0261. The first-order valence-electron chi connectivity index (χ1n) is 34.9. The molecule has 0 bridgehead atoms. The van der Waals surface area contributed by atoms with Crippen LogP contribution in [0.25, 0.3) is 0 Å². The van der Waals surface area contributed by atoms with Gasteiger partial charge < -0.3 is 14.2 Å². The van der Waals surface area contributed by atoms with Gasteiger partial charge in [-0.05, 0) is 89.9 Å². The summed E-state index contributed by atoms with van der Waals surface area (Å²) in [5, 5.41) is 0. The molecule has 0 radical (unpaired) electrons. The van der Waals surface area contributed by atoms with Crippen molar-refractivity contribution in [1.82, 2.24) is 0 Å². The molecule has 1 atom stereocenters. The summed E-state index contributed by atoms with van der Waals surface area (Å²) < 4.78 is 16.9. The van der Waals surface area contributed by atoms with E-state index < -0.39 is 6.10 Å². The number of hydrogen-bond donors (Lipinski definition) is 0. The zero-order valence-corrected chi connectivity index (χ0v) is 53.3. The van der Waals surface area contributed by atoms with Gasteiger partial charge in [-0.3, -0.25) is 14.4 Å². The molecule has 0 aromatic heterocycles. The van der Waals surface area contributed by atoms with Gasteiger partial charge in [-0.15, -0.1) is 0 Å². The summed E-state index contributed by atoms with van der Waals surface area (Å²) in [4.78, 5) is 38.4. The number of esters is 3. The number of rotatable bonds is 64. The topological polar surface area (TPSA) is 78.9 Å². The third-order valence-electron chi connectivity index (χ3n) is 15.4. The first-order valence-corrected chi connectivity index (χ1v) is 34.9. The Morgan fingerprint density at radius 3 is 0.800 bits per heavy atom. The highest BCUT2D eigenvalue weighted by molar-refractivity contribution is 5.71. The van der Waals surface area contributed by atoms with Gasteiger partial charge >= 0.3 is 17.9 Å². The standard InChI is InChI=1S/C74H132O6/c1-4-7-10-13-16-19-22-25-28-30-32-33-34-35-36-37-38-39-40-41-42-44-46-49-52-55-58-61-64-67-73(76)79-70-71(69-78-72(75)66-63-60-57-54-51-48-45-27-24-21-18-15-12-9-6-3)80-74(77)68-65-62-59-56-53-50-47-43-31-29-26-23-20-17-14-11-8-5-2/h9,12,18,20-21,23,27,29,31,45,51,54,71H,4-8,10-11,13-17,19,22,24-26,28,30,32-44,46-50,52-53,55-70H2,1-3H3/b12-9-,21-18-,23-20-,31-29-,45-27-,54-51-. The Balaban J connectivity index is 4.25. The van der Waals surface area contributed by atoms with E-state index in [4.69, 9.17) is 14.2 Å². The van der Waals surface area contributed by atoms with Gasteiger partial charge in [-0.2, -0.15) is 0 Å².